The molecule has 1 aliphatic rings. The maximum absolute atomic E-state index is 13.6. The van der Waals surface area contributed by atoms with Gasteiger partial charge in [-0.1, -0.05) is 32.0 Å². The van der Waals surface area contributed by atoms with Gasteiger partial charge in [0, 0.05) is 19.0 Å². The van der Waals surface area contributed by atoms with E-state index in [9.17, 15) is 9.18 Å². The monoisotopic (exact) mass is 356 g/mol. The Balaban J connectivity index is 0.00000288. The largest absolute Gasteiger partial charge is 0.342 e. The number of rotatable bonds is 7. The van der Waals surface area contributed by atoms with Crippen molar-refractivity contribution < 1.29 is 9.18 Å². The normalized spacial score (nSPS) is 16.5. The number of halogens is 2. The lowest BCUT2D eigenvalue weighted by molar-refractivity contribution is -0.136. The van der Waals surface area contributed by atoms with Crippen molar-refractivity contribution in [3.63, 3.8) is 0 Å². The highest BCUT2D eigenvalue weighted by molar-refractivity contribution is 5.85. The van der Waals surface area contributed by atoms with Crippen LogP contribution in [-0.4, -0.2) is 37.0 Å². The summed E-state index contributed by atoms with van der Waals surface area (Å²) in [6.45, 7) is 7.87. The summed E-state index contributed by atoms with van der Waals surface area (Å²) in [6, 6.07) is 6.83. The molecule has 2 rings (SSSR count). The molecule has 1 aromatic carbocycles. The van der Waals surface area contributed by atoms with Gasteiger partial charge in [-0.2, -0.15) is 0 Å². The minimum absolute atomic E-state index is 0. The zero-order valence-electron chi connectivity index (χ0n) is 14.8. The summed E-state index contributed by atoms with van der Waals surface area (Å²) in [5, 5.41) is 3.39. The predicted molar refractivity (Wildman–Crippen MR) is 99.0 cm³/mol. The molecule has 0 radical (unpaired) electrons. The summed E-state index contributed by atoms with van der Waals surface area (Å²) in [7, 11) is 0. The van der Waals surface area contributed by atoms with Crippen LogP contribution in [-0.2, 0) is 11.2 Å². The van der Waals surface area contributed by atoms with Gasteiger partial charge in [0.1, 0.15) is 5.82 Å². The van der Waals surface area contributed by atoms with Crippen LogP contribution >= 0.6 is 12.4 Å². The number of hydrogen-bond acceptors (Lipinski definition) is 2. The first-order valence-electron chi connectivity index (χ1n) is 8.84. The molecule has 1 N–H and O–H groups in total. The summed E-state index contributed by atoms with van der Waals surface area (Å²) in [5.74, 6) is 0.701. The molecule has 1 fully saturated rings. The van der Waals surface area contributed by atoms with Gasteiger partial charge in [0.15, 0.2) is 0 Å². The number of carbonyl (C=O) groups is 1. The van der Waals surface area contributed by atoms with Gasteiger partial charge in [0.2, 0.25) is 5.91 Å². The number of nitrogens with zero attached hydrogens (tertiary/aromatic N) is 1. The lowest BCUT2D eigenvalue weighted by Gasteiger charge is -2.33. The van der Waals surface area contributed by atoms with E-state index in [1.165, 1.54) is 6.07 Å². The lowest BCUT2D eigenvalue weighted by Crippen LogP contribution is -2.43. The van der Waals surface area contributed by atoms with E-state index in [1.54, 1.807) is 12.1 Å². The van der Waals surface area contributed by atoms with Crippen LogP contribution in [0.15, 0.2) is 24.3 Å². The molecular formula is C19H30ClFN2O. The van der Waals surface area contributed by atoms with E-state index in [4.69, 9.17) is 0 Å². The van der Waals surface area contributed by atoms with Crippen molar-refractivity contribution in [1.82, 2.24) is 10.2 Å². The van der Waals surface area contributed by atoms with E-state index >= 15 is 0 Å². The topological polar surface area (TPSA) is 32.3 Å². The number of carbonyl (C=O) groups excluding carboxylic acids is 1. The minimum Gasteiger partial charge on any atom is -0.342 e. The third kappa shape index (κ3) is 6.06. The molecule has 0 saturated carbocycles. The van der Waals surface area contributed by atoms with Crippen LogP contribution in [0.5, 0.6) is 0 Å². The summed E-state index contributed by atoms with van der Waals surface area (Å²) in [6.07, 6.45) is 3.49. The Kier molecular flexibility index (Phi) is 9.30. The predicted octanol–water partition coefficient (Wildman–Crippen LogP) is 3.66. The molecule has 1 amide bonds. The molecule has 1 aliphatic heterocycles. The van der Waals surface area contributed by atoms with Gasteiger partial charge in [-0.15, -0.1) is 12.4 Å². The molecule has 1 saturated heterocycles. The molecule has 136 valence electrons. The Morgan fingerprint density at radius 2 is 2.00 bits per heavy atom. The van der Waals surface area contributed by atoms with Crippen LogP contribution in [0.1, 0.15) is 38.7 Å². The Morgan fingerprint density at radius 1 is 1.33 bits per heavy atom. The van der Waals surface area contributed by atoms with Crippen molar-refractivity contribution in [1.29, 1.82) is 0 Å². The number of piperidine rings is 1. The van der Waals surface area contributed by atoms with Gasteiger partial charge in [0.05, 0.1) is 0 Å². The molecule has 1 heterocycles. The summed E-state index contributed by atoms with van der Waals surface area (Å²) >= 11 is 0. The van der Waals surface area contributed by atoms with Crippen LogP contribution < -0.4 is 5.32 Å². The van der Waals surface area contributed by atoms with Gasteiger partial charge >= 0.3 is 0 Å². The quantitative estimate of drug-likeness (QED) is 0.808. The van der Waals surface area contributed by atoms with Crippen molar-refractivity contribution in [3.8, 4) is 0 Å². The second-order valence-electron chi connectivity index (χ2n) is 6.61. The number of aryl methyl sites for hydroxylation is 1. The van der Waals surface area contributed by atoms with Gasteiger partial charge in [0.25, 0.3) is 0 Å². The number of nitrogens with one attached hydrogen (secondary N) is 1. The zero-order valence-corrected chi connectivity index (χ0v) is 15.6. The molecule has 24 heavy (non-hydrogen) atoms. The molecule has 1 atom stereocenters. The third-order valence-electron chi connectivity index (χ3n) is 4.84. The van der Waals surface area contributed by atoms with Crippen molar-refractivity contribution in [2.24, 2.45) is 11.8 Å². The minimum atomic E-state index is -0.170. The number of benzene rings is 1. The number of likely N-dealkylation sites (tertiary alicyclic amines) is 1. The highest BCUT2D eigenvalue weighted by Crippen LogP contribution is 2.20. The van der Waals surface area contributed by atoms with Gasteiger partial charge in [-0.05, 0) is 56.3 Å². The van der Waals surface area contributed by atoms with E-state index in [1.807, 2.05) is 17.9 Å². The molecule has 0 aromatic heterocycles. The van der Waals surface area contributed by atoms with Crippen LogP contribution in [0.2, 0.25) is 0 Å². The highest BCUT2D eigenvalue weighted by Gasteiger charge is 2.25. The lowest BCUT2D eigenvalue weighted by atomic mass is 9.94. The average Bonchev–Trinajstić information content (AvgIpc) is 2.59. The van der Waals surface area contributed by atoms with Crippen LogP contribution in [0.4, 0.5) is 4.39 Å². The summed E-state index contributed by atoms with van der Waals surface area (Å²) < 4.78 is 13.6. The van der Waals surface area contributed by atoms with Crippen molar-refractivity contribution in [2.45, 2.75) is 39.5 Å². The van der Waals surface area contributed by atoms with E-state index in [0.29, 0.717) is 24.3 Å². The van der Waals surface area contributed by atoms with Gasteiger partial charge in [-0.3, -0.25) is 4.79 Å². The molecule has 5 heteroatoms. The molecule has 0 aliphatic carbocycles. The first kappa shape index (κ1) is 20.9. The van der Waals surface area contributed by atoms with E-state index in [2.05, 4.69) is 12.2 Å². The average molecular weight is 357 g/mol. The fourth-order valence-electron chi connectivity index (χ4n) is 3.21. The molecule has 1 aromatic rings. The SMILES string of the molecule is CCNCC1CCN(C(=O)C(C)CCc2ccccc2F)CC1.Cl. The Labute approximate surface area is 151 Å². The number of hydrogen-bond donors (Lipinski definition) is 1. The van der Waals surface area contributed by atoms with Gasteiger partial charge in [-0.25, -0.2) is 4.39 Å². The van der Waals surface area contributed by atoms with Crippen molar-refractivity contribution in [2.75, 3.05) is 26.2 Å². The second kappa shape index (κ2) is 10.7. The van der Waals surface area contributed by atoms with Crippen molar-refractivity contribution >= 4 is 18.3 Å². The van der Waals surface area contributed by atoms with Crippen LogP contribution in [0, 0.1) is 17.7 Å². The zero-order chi connectivity index (χ0) is 16.7. The maximum atomic E-state index is 13.6. The first-order valence-corrected chi connectivity index (χ1v) is 8.84. The molecule has 0 spiro atoms. The smallest absolute Gasteiger partial charge is 0.225 e. The molecular weight excluding hydrogens is 327 g/mol. The molecule has 0 bridgehead atoms. The summed E-state index contributed by atoms with van der Waals surface area (Å²) in [5.41, 5.74) is 0.705. The Morgan fingerprint density at radius 3 is 2.62 bits per heavy atom. The summed E-state index contributed by atoms with van der Waals surface area (Å²) in [4.78, 5) is 14.5. The highest BCUT2D eigenvalue weighted by atomic mass is 35.5. The van der Waals surface area contributed by atoms with Crippen molar-refractivity contribution in [3.05, 3.63) is 35.6 Å². The first-order chi connectivity index (χ1) is 11.1. The van der Waals surface area contributed by atoms with Gasteiger partial charge < -0.3 is 10.2 Å². The fourth-order valence-corrected chi connectivity index (χ4v) is 3.21. The fraction of sp³-hybridized carbons (Fsp3) is 0.632. The molecule has 1 unspecified atom stereocenters. The van der Waals surface area contributed by atoms with E-state index in [0.717, 1.165) is 39.0 Å². The third-order valence-corrected chi connectivity index (χ3v) is 4.84. The van der Waals surface area contributed by atoms with Crippen LogP contribution in [0.3, 0.4) is 0 Å². The van der Waals surface area contributed by atoms with E-state index in [-0.39, 0.29) is 30.0 Å². The molecule has 3 nitrogen and oxygen atoms in total. The standard InChI is InChI=1S/C19H29FN2O.ClH/c1-3-21-14-16-10-12-22(13-11-16)19(23)15(2)8-9-17-6-4-5-7-18(17)20;/h4-7,15-16,21H,3,8-14H2,1-2H3;1H. The van der Waals surface area contributed by atoms with Crippen LogP contribution in [0.25, 0.3) is 0 Å². The Hall–Kier alpha value is -1.13. The van der Waals surface area contributed by atoms with E-state index < -0.39 is 0 Å². The second-order valence-corrected chi connectivity index (χ2v) is 6.61. The number of amides is 1. The Bertz CT molecular complexity index is 504. The maximum Gasteiger partial charge on any atom is 0.225 e.